The lowest BCUT2D eigenvalue weighted by Gasteiger charge is -2.03. The maximum Gasteiger partial charge on any atom is 0.244 e. The monoisotopic (exact) mass is 350 g/mol. The first-order valence-electron chi connectivity index (χ1n) is 6.77. The van der Waals surface area contributed by atoms with Crippen LogP contribution in [0.4, 0.5) is 0 Å². The number of fused-ring (bicyclic) bond motifs is 1. The molecule has 1 N–H and O–H groups in total. The second-order valence-electron chi connectivity index (χ2n) is 4.82. The number of halogens is 2. The van der Waals surface area contributed by atoms with Crippen molar-refractivity contribution in [3.63, 3.8) is 0 Å². The molecular formula is C16H12Cl2N2O3. The van der Waals surface area contributed by atoms with E-state index in [0.29, 0.717) is 27.1 Å². The molecule has 0 aliphatic carbocycles. The zero-order chi connectivity index (χ0) is 16.2. The smallest absolute Gasteiger partial charge is 0.244 e. The highest BCUT2D eigenvalue weighted by Crippen LogP contribution is 2.32. The van der Waals surface area contributed by atoms with Crippen LogP contribution in [0, 0.1) is 0 Å². The quantitative estimate of drug-likeness (QED) is 0.678. The van der Waals surface area contributed by atoms with Gasteiger partial charge in [0.25, 0.3) is 0 Å². The summed E-state index contributed by atoms with van der Waals surface area (Å²) in [6, 6.07) is 10.4. The van der Waals surface area contributed by atoms with Gasteiger partial charge in [-0.3, -0.25) is 4.79 Å². The summed E-state index contributed by atoms with van der Waals surface area (Å²) in [5.41, 5.74) is 3.93. The van der Waals surface area contributed by atoms with Crippen molar-refractivity contribution in [1.29, 1.82) is 0 Å². The Kier molecular flexibility index (Phi) is 4.69. The second-order valence-corrected chi connectivity index (χ2v) is 5.67. The number of hydrazone groups is 1. The van der Waals surface area contributed by atoms with Crippen LogP contribution in [0.2, 0.25) is 10.0 Å². The number of nitrogens with one attached hydrogen (secondary N) is 1. The molecule has 0 radical (unpaired) electrons. The summed E-state index contributed by atoms with van der Waals surface area (Å²) in [7, 11) is 0. The van der Waals surface area contributed by atoms with Gasteiger partial charge in [0.05, 0.1) is 17.7 Å². The Labute approximate surface area is 142 Å². The van der Waals surface area contributed by atoms with Gasteiger partial charge in [-0.15, -0.1) is 0 Å². The van der Waals surface area contributed by atoms with Crippen molar-refractivity contribution >= 4 is 35.3 Å². The molecule has 1 aliphatic rings. The number of amides is 1. The maximum absolute atomic E-state index is 11.9. The summed E-state index contributed by atoms with van der Waals surface area (Å²) in [6.45, 7) is 0.205. The third-order valence-electron chi connectivity index (χ3n) is 3.16. The highest BCUT2D eigenvalue weighted by Gasteiger charge is 2.14. The first-order chi connectivity index (χ1) is 11.1. The van der Waals surface area contributed by atoms with Crippen LogP contribution in [0.15, 0.2) is 41.5 Å². The van der Waals surface area contributed by atoms with Crippen molar-refractivity contribution in [1.82, 2.24) is 5.43 Å². The molecular weight excluding hydrogens is 339 g/mol. The molecule has 0 spiro atoms. The summed E-state index contributed by atoms with van der Waals surface area (Å²) in [6.07, 6.45) is 1.65. The summed E-state index contributed by atoms with van der Waals surface area (Å²) in [4.78, 5) is 11.9. The zero-order valence-corrected chi connectivity index (χ0v) is 13.4. The lowest BCUT2D eigenvalue weighted by Crippen LogP contribution is -2.19. The van der Waals surface area contributed by atoms with E-state index in [1.165, 1.54) is 6.21 Å². The van der Waals surface area contributed by atoms with Crippen LogP contribution in [0.25, 0.3) is 0 Å². The van der Waals surface area contributed by atoms with Crippen molar-refractivity contribution < 1.29 is 14.3 Å². The summed E-state index contributed by atoms with van der Waals surface area (Å²) < 4.78 is 10.5. The van der Waals surface area contributed by atoms with Gasteiger partial charge in [0, 0.05) is 10.6 Å². The fourth-order valence-corrected chi connectivity index (χ4v) is 2.51. The lowest BCUT2D eigenvalue weighted by molar-refractivity contribution is -0.120. The van der Waals surface area contributed by atoms with E-state index >= 15 is 0 Å². The molecule has 1 amide bonds. The standard InChI is InChI=1S/C16H12Cl2N2O3/c17-12-3-2-11(13(18)7-12)8-19-20-16(21)6-10-1-4-14-15(5-10)23-9-22-14/h1-5,7-8H,6,9H2,(H,20,21)/b19-8-. The molecule has 2 aromatic rings. The molecule has 0 aromatic heterocycles. The highest BCUT2D eigenvalue weighted by atomic mass is 35.5. The molecule has 0 fully saturated rings. The van der Waals surface area contributed by atoms with Crippen LogP contribution in [0.3, 0.4) is 0 Å². The van der Waals surface area contributed by atoms with Gasteiger partial charge < -0.3 is 9.47 Å². The van der Waals surface area contributed by atoms with E-state index in [1.54, 1.807) is 30.3 Å². The summed E-state index contributed by atoms with van der Waals surface area (Å²) >= 11 is 11.8. The molecule has 1 heterocycles. The molecule has 0 atom stereocenters. The predicted molar refractivity (Wildman–Crippen MR) is 88.5 cm³/mol. The van der Waals surface area contributed by atoms with Crippen molar-refractivity contribution in [2.45, 2.75) is 6.42 Å². The molecule has 2 aromatic carbocycles. The minimum Gasteiger partial charge on any atom is -0.454 e. The number of carbonyl (C=O) groups is 1. The van der Waals surface area contributed by atoms with Gasteiger partial charge in [0.2, 0.25) is 12.7 Å². The van der Waals surface area contributed by atoms with E-state index < -0.39 is 0 Å². The molecule has 0 bridgehead atoms. The van der Waals surface area contributed by atoms with Crippen molar-refractivity contribution in [3.05, 3.63) is 57.6 Å². The van der Waals surface area contributed by atoms with Crippen LogP contribution in [0.5, 0.6) is 11.5 Å². The predicted octanol–water partition coefficient (Wildman–Crippen LogP) is 3.41. The Morgan fingerprint density at radius 1 is 1.17 bits per heavy atom. The maximum atomic E-state index is 11.9. The number of rotatable bonds is 4. The van der Waals surface area contributed by atoms with Crippen LogP contribution in [-0.2, 0) is 11.2 Å². The average molecular weight is 351 g/mol. The van der Waals surface area contributed by atoms with Crippen LogP contribution in [-0.4, -0.2) is 18.9 Å². The molecule has 7 heteroatoms. The summed E-state index contributed by atoms with van der Waals surface area (Å²) in [5.74, 6) is 1.08. The Bertz CT molecular complexity index is 778. The van der Waals surface area contributed by atoms with Gasteiger partial charge in [0.1, 0.15) is 0 Å². The molecule has 1 aliphatic heterocycles. The zero-order valence-electron chi connectivity index (χ0n) is 11.9. The number of carbonyl (C=O) groups excluding carboxylic acids is 1. The Morgan fingerprint density at radius 2 is 2.00 bits per heavy atom. The average Bonchev–Trinajstić information content (AvgIpc) is 2.97. The van der Waals surface area contributed by atoms with E-state index in [1.807, 2.05) is 6.07 Å². The molecule has 118 valence electrons. The molecule has 0 saturated heterocycles. The Balaban J connectivity index is 1.58. The van der Waals surface area contributed by atoms with Crippen molar-refractivity contribution in [2.75, 3.05) is 6.79 Å². The van der Waals surface area contributed by atoms with E-state index in [-0.39, 0.29) is 19.1 Å². The van der Waals surface area contributed by atoms with Crippen LogP contribution < -0.4 is 14.9 Å². The SMILES string of the molecule is O=C(Cc1ccc2c(c1)OCO2)N/N=C\c1ccc(Cl)cc1Cl. The van der Waals surface area contributed by atoms with Gasteiger partial charge >= 0.3 is 0 Å². The van der Waals surface area contributed by atoms with E-state index in [4.69, 9.17) is 32.7 Å². The van der Waals surface area contributed by atoms with Crippen LogP contribution >= 0.6 is 23.2 Å². The van der Waals surface area contributed by atoms with Gasteiger partial charge in [-0.25, -0.2) is 5.43 Å². The highest BCUT2D eigenvalue weighted by molar-refractivity contribution is 6.36. The van der Waals surface area contributed by atoms with E-state index in [2.05, 4.69) is 10.5 Å². The van der Waals surface area contributed by atoms with Gasteiger partial charge in [-0.05, 0) is 29.8 Å². The first kappa shape index (κ1) is 15.6. The largest absolute Gasteiger partial charge is 0.454 e. The van der Waals surface area contributed by atoms with Crippen molar-refractivity contribution in [3.8, 4) is 11.5 Å². The lowest BCUT2D eigenvalue weighted by atomic mass is 10.1. The van der Waals surface area contributed by atoms with Crippen molar-refractivity contribution in [2.24, 2.45) is 5.10 Å². The summed E-state index contributed by atoms with van der Waals surface area (Å²) in [5, 5.41) is 4.90. The molecule has 5 nitrogen and oxygen atoms in total. The van der Waals surface area contributed by atoms with E-state index in [0.717, 1.165) is 5.56 Å². The third-order valence-corrected chi connectivity index (χ3v) is 3.72. The number of hydrogen-bond donors (Lipinski definition) is 1. The van der Waals surface area contributed by atoms with E-state index in [9.17, 15) is 4.79 Å². The van der Waals surface area contributed by atoms with Crippen LogP contribution in [0.1, 0.15) is 11.1 Å². The Hall–Kier alpha value is -2.24. The van der Waals surface area contributed by atoms with Gasteiger partial charge in [-0.2, -0.15) is 5.10 Å². The second kappa shape index (κ2) is 6.89. The van der Waals surface area contributed by atoms with Gasteiger partial charge in [0.15, 0.2) is 11.5 Å². The topological polar surface area (TPSA) is 59.9 Å². The number of hydrogen-bond acceptors (Lipinski definition) is 4. The molecule has 23 heavy (non-hydrogen) atoms. The Morgan fingerprint density at radius 3 is 2.83 bits per heavy atom. The number of nitrogens with zero attached hydrogens (tertiary/aromatic N) is 1. The molecule has 0 unspecified atom stereocenters. The molecule has 3 rings (SSSR count). The van der Waals surface area contributed by atoms with Gasteiger partial charge in [-0.1, -0.05) is 35.3 Å². The first-order valence-corrected chi connectivity index (χ1v) is 7.53. The third kappa shape index (κ3) is 3.94. The minimum absolute atomic E-state index is 0.183. The molecule has 0 saturated carbocycles. The fourth-order valence-electron chi connectivity index (χ4n) is 2.06. The normalized spacial score (nSPS) is 12.6. The fraction of sp³-hybridized carbons (Fsp3) is 0.125. The number of ether oxygens (including phenoxy) is 2. The minimum atomic E-state index is -0.245. The number of benzene rings is 2.